The van der Waals surface area contributed by atoms with E-state index >= 15 is 0 Å². The molecule has 0 spiro atoms. The lowest BCUT2D eigenvalue weighted by atomic mass is 10.0. The number of esters is 1. The SMILES string of the molecule is COC(=O)C(c1cccc(Cl)c1)N1CCN(C(=O)Nc2cccc(C)c2)CC1. The van der Waals surface area contributed by atoms with Crippen LogP contribution in [0.25, 0.3) is 0 Å². The predicted octanol–water partition coefficient (Wildman–Crippen LogP) is 3.71. The molecule has 1 heterocycles. The highest BCUT2D eigenvalue weighted by molar-refractivity contribution is 6.30. The van der Waals surface area contributed by atoms with Gasteiger partial charge in [0.15, 0.2) is 0 Å². The number of ether oxygens (including phenoxy) is 1. The number of nitrogens with zero attached hydrogens (tertiary/aromatic N) is 2. The number of carbonyl (C=O) groups is 2. The summed E-state index contributed by atoms with van der Waals surface area (Å²) < 4.78 is 5.01. The van der Waals surface area contributed by atoms with Gasteiger partial charge in [0.25, 0.3) is 0 Å². The van der Waals surface area contributed by atoms with E-state index in [0.29, 0.717) is 31.2 Å². The molecule has 0 aliphatic carbocycles. The molecule has 0 aromatic heterocycles. The van der Waals surface area contributed by atoms with Gasteiger partial charge in [-0.25, -0.2) is 9.59 Å². The summed E-state index contributed by atoms with van der Waals surface area (Å²) in [6.07, 6.45) is 0. The molecule has 1 aliphatic rings. The van der Waals surface area contributed by atoms with Crippen molar-refractivity contribution in [1.82, 2.24) is 9.80 Å². The van der Waals surface area contributed by atoms with Gasteiger partial charge < -0.3 is 15.0 Å². The van der Waals surface area contributed by atoms with Gasteiger partial charge in [0, 0.05) is 36.9 Å². The van der Waals surface area contributed by atoms with E-state index in [4.69, 9.17) is 16.3 Å². The molecule has 2 aromatic rings. The molecule has 1 N–H and O–H groups in total. The number of nitrogens with one attached hydrogen (secondary N) is 1. The lowest BCUT2D eigenvalue weighted by molar-refractivity contribution is -0.148. The summed E-state index contributed by atoms with van der Waals surface area (Å²) in [4.78, 5) is 28.7. The Hall–Kier alpha value is -2.57. The number of hydrogen-bond acceptors (Lipinski definition) is 4. The molecule has 0 radical (unpaired) electrons. The summed E-state index contributed by atoms with van der Waals surface area (Å²) in [5.41, 5.74) is 2.65. The molecule has 1 aliphatic heterocycles. The fourth-order valence-electron chi connectivity index (χ4n) is 3.39. The molecule has 148 valence electrons. The molecular formula is C21H24ClN3O3. The molecule has 2 aromatic carbocycles. The normalized spacial score (nSPS) is 15.8. The van der Waals surface area contributed by atoms with Gasteiger partial charge in [-0.2, -0.15) is 0 Å². The van der Waals surface area contributed by atoms with Crippen molar-refractivity contribution in [2.75, 3.05) is 38.6 Å². The second kappa shape index (κ2) is 9.08. The minimum Gasteiger partial charge on any atom is -0.468 e. The van der Waals surface area contributed by atoms with Crippen molar-refractivity contribution in [3.05, 3.63) is 64.7 Å². The van der Waals surface area contributed by atoms with Crippen LogP contribution in [0.15, 0.2) is 48.5 Å². The Kier molecular flexibility index (Phi) is 6.54. The van der Waals surface area contributed by atoms with Crippen molar-refractivity contribution in [3.8, 4) is 0 Å². The first-order valence-corrected chi connectivity index (χ1v) is 9.55. The zero-order valence-electron chi connectivity index (χ0n) is 16.0. The monoisotopic (exact) mass is 401 g/mol. The van der Waals surface area contributed by atoms with Gasteiger partial charge in [0.05, 0.1) is 7.11 Å². The molecule has 1 fully saturated rings. The maximum absolute atomic E-state index is 12.5. The largest absolute Gasteiger partial charge is 0.468 e. The van der Waals surface area contributed by atoms with Gasteiger partial charge in [-0.3, -0.25) is 4.90 Å². The van der Waals surface area contributed by atoms with E-state index in [-0.39, 0.29) is 12.0 Å². The van der Waals surface area contributed by atoms with Crippen LogP contribution in [0.4, 0.5) is 10.5 Å². The summed E-state index contributed by atoms with van der Waals surface area (Å²) in [7, 11) is 1.38. The number of benzene rings is 2. The van der Waals surface area contributed by atoms with E-state index in [0.717, 1.165) is 16.8 Å². The summed E-state index contributed by atoms with van der Waals surface area (Å²) in [5, 5.41) is 3.50. The van der Waals surface area contributed by atoms with Gasteiger partial charge in [0.1, 0.15) is 6.04 Å². The number of urea groups is 1. The molecule has 0 saturated carbocycles. The summed E-state index contributed by atoms with van der Waals surface area (Å²) >= 11 is 6.10. The van der Waals surface area contributed by atoms with E-state index in [1.807, 2.05) is 48.2 Å². The Bertz CT molecular complexity index is 850. The van der Waals surface area contributed by atoms with Crippen molar-refractivity contribution < 1.29 is 14.3 Å². The zero-order chi connectivity index (χ0) is 20.1. The molecular weight excluding hydrogens is 378 g/mol. The van der Waals surface area contributed by atoms with Crippen LogP contribution >= 0.6 is 11.6 Å². The van der Waals surface area contributed by atoms with E-state index < -0.39 is 6.04 Å². The molecule has 1 unspecified atom stereocenters. The predicted molar refractivity (Wildman–Crippen MR) is 110 cm³/mol. The Labute approximate surface area is 170 Å². The zero-order valence-corrected chi connectivity index (χ0v) is 16.8. The number of piperazine rings is 1. The van der Waals surface area contributed by atoms with Crippen LogP contribution < -0.4 is 5.32 Å². The van der Waals surface area contributed by atoms with Crippen LogP contribution in [0.5, 0.6) is 0 Å². The van der Waals surface area contributed by atoms with Crippen LogP contribution in [-0.4, -0.2) is 55.1 Å². The second-order valence-electron chi connectivity index (χ2n) is 6.80. The molecule has 28 heavy (non-hydrogen) atoms. The maximum atomic E-state index is 12.5. The Balaban J connectivity index is 1.65. The first kappa shape index (κ1) is 20.2. The van der Waals surface area contributed by atoms with Crippen LogP contribution in [0.1, 0.15) is 17.2 Å². The number of carbonyl (C=O) groups excluding carboxylic acids is 2. The van der Waals surface area contributed by atoms with Crippen molar-refractivity contribution in [2.24, 2.45) is 0 Å². The van der Waals surface area contributed by atoms with E-state index in [9.17, 15) is 9.59 Å². The second-order valence-corrected chi connectivity index (χ2v) is 7.24. The third-order valence-electron chi connectivity index (χ3n) is 4.82. The van der Waals surface area contributed by atoms with Crippen molar-refractivity contribution in [3.63, 3.8) is 0 Å². The number of aryl methyl sites for hydroxylation is 1. The van der Waals surface area contributed by atoms with Crippen LogP contribution in [0.2, 0.25) is 5.02 Å². The highest BCUT2D eigenvalue weighted by Crippen LogP contribution is 2.26. The fourth-order valence-corrected chi connectivity index (χ4v) is 3.59. The molecule has 3 rings (SSSR count). The number of hydrogen-bond donors (Lipinski definition) is 1. The topological polar surface area (TPSA) is 61.9 Å². The third-order valence-corrected chi connectivity index (χ3v) is 5.06. The summed E-state index contributed by atoms with van der Waals surface area (Å²) in [5.74, 6) is -0.333. The smallest absolute Gasteiger partial charge is 0.327 e. The number of rotatable bonds is 4. The molecule has 6 nitrogen and oxygen atoms in total. The van der Waals surface area contributed by atoms with Crippen LogP contribution in [-0.2, 0) is 9.53 Å². The van der Waals surface area contributed by atoms with Gasteiger partial charge in [-0.1, -0.05) is 35.9 Å². The Morgan fingerprint density at radius 2 is 1.79 bits per heavy atom. The third kappa shape index (κ3) is 4.82. The lowest BCUT2D eigenvalue weighted by Crippen LogP contribution is -2.52. The molecule has 2 amide bonds. The lowest BCUT2D eigenvalue weighted by Gasteiger charge is -2.38. The van der Waals surface area contributed by atoms with E-state index in [1.165, 1.54) is 7.11 Å². The molecule has 1 atom stereocenters. The van der Waals surface area contributed by atoms with E-state index in [2.05, 4.69) is 5.32 Å². The molecule has 7 heteroatoms. The molecule has 1 saturated heterocycles. The van der Waals surface area contributed by atoms with Crippen molar-refractivity contribution in [2.45, 2.75) is 13.0 Å². The van der Waals surface area contributed by atoms with Gasteiger partial charge in [-0.05, 0) is 42.3 Å². The number of halogens is 1. The quantitative estimate of drug-likeness (QED) is 0.793. The van der Waals surface area contributed by atoms with Crippen molar-refractivity contribution in [1.29, 1.82) is 0 Å². The van der Waals surface area contributed by atoms with Gasteiger partial charge in [0.2, 0.25) is 0 Å². The standard InChI is InChI=1S/C21H24ClN3O3/c1-15-5-3-8-18(13-15)23-21(27)25-11-9-24(10-12-25)19(20(26)28-2)16-6-4-7-17(22)14-16/h3-8,13-14,19H,9-12H2,1-2H3,(H,23,27). The van der Waals surface area contributed by atoms with Crippen LogP contribution in [0.3, 0.4) is 0 Å². The Morgan fingerprint density at radius 1 is 1.07 bits per heavy atom. The number of methoxy groups -OCH3 is 1. The first-order valence-electron chi connectivity index (χ1n) is 9.18. The number of amides is 2. The van der Waals surface area contributed by atoms with Crippen molar-refractivity contribution >= 4 is 29.3 Å². The summed E-state index contributed by atoms with van der Waals surface area (Å²) in [6, 6.07) is 14.3. The summed E-state index contributed by atoms with van der Waals surface area (Å²) in [6.45, 7) is 4.15. The van der Waals surface area contributed by atoms with Gasteiger partial charge >= 0.3 is 12.0 Å². The highest BCUT2D eigenvalue weighted by atomic mass is 35.5. The minimum absolute atomic E-state index is 0.136. The first-order chi connectivity index (χ1) is 13.5. The number of anilines is 1. The van der Waals surface area contributed by atoms with Gasteiger partial charge in [-0.15, -0.1) is 0 Å². The average molecular weight is 402 g/mol. The fraction of sp³-hybridized carbons (Fsp3) is 0.333. The minimum atomic E-state index is -0.536. The van der Waals surface area contributed by atoms with E-state index in [1.54, 1.807) is 17.0 Å². The molecule has 0 bridgehead atoms. The Morgan fingerprint density at radius 3 is 2.43 bits per heavy atom. The van der Waals surface area contributed by atoms with Crippen LogP contribution in [0, 0.1) is 6.92 Å². The average Bonchev–Trinajstić information content (AvgIpc) is 2.68. The highest BCUT2D eigenvalue weighted by Gasteiger charge is 2.32. The maximum Gasteiger partial charge on any atom is 0.327 e.